The Balaban J connectivity index is 2.08. The van der Waals surface area contributed by atoms with E-state index in [0.717, 1.165) is 17.1 Å². The highest BCUT2D eigenvalue weighted by molar-refractivity contribution is 7.10. The lowest BCUT2D eigenvalue weighted by molar-refractivity contribution is -0.141. The van der Waals surface area contributed by atoms with Gasteiger partial charge in [0, 0.05) is 23.0 Å². The van der Waals surface area contributed by atoms with Gasteiger partial charge in [-0.25, -0.2) is 9.97 Å². The molecule has 0 bridgehead atoms. The molecule has 3 nitrogen and oxygen atoms in total. The molecule has 0 aliphatic heterocycles. The number of anilines is 1. The summed E-state index contributed by atoms with van der Waals surface area (Å²) in [5.74, 6) is -0.00976. The number of rotatable bonds is 4. The normalized spacial score (nSPS) is 12.4. The van der Waals surface area contributed by atoms with Crippen molar-refractivity contribution < 1.29 is 13.2 Å². The van der Waals surface area contributed by atoms with Gasteiger partial charge in [0.2, 0.25) is 5.95 Å². The molecule has 0 saturated heterocycles. The third kappa shape index (κ3) is 3.47. The van der Waals surface area contributed by atoms with Crippen LogP contribution in [0.1, 0.15) is 24.4 Å². The van der Waals surface area contributed by atoms with Crippen LogP contribution < -0.4 is 5.32 Å². The van der Waals surface area contributed by atoms with Crippen LogP contribution >= 0.6 is 11.3 Å². The molecular formula is C13H14F3N3S. The number of nitrogens with one attached hydrogen (secondary N) is 1. The Morgan fingerprint density at radius 3 is 2.60 bits per heavy atom. The number of thiophene rings is 1. The molecule has 7 heteroatoms. The molecule has 0 aliphatic carbocycles. The predicted octanol–water partition coefficient (Wildman–Crippen LogP) is 3.95. The fourth-order valence-electron chi connectivity index (χ4n) is 1.65. The van der Waals surface area contributed by atoms with E-state index < -0.39 is 11.9 Å². The van der Waals surface area contributed by atoms with E-state index in [0.29, 0.717) is 6.54 Å². The van der Waals surface area contributed by atoms with Crippen molar-refractivity contribution in [2.24, 2.45) is 0 Å². The first kappa shape index (κ1) is 14.8. The minimum Gasteiger partial charge on any atom is -0.353 e. The Kier molecular flexibility index (Phi) is 3.99. The van der Waals surface area contributed by atoms with E-state index in [9.17, 15) is 13.2 Å². The van der Waals surface area contributed by atoms with Gasteiger partial charge in [-0.05, 0) is 17.5 Å². The van der Waals surface area contributed by atoms with Crippen molar-refractivity contribution in [3.63, 3.8) is 0 Å². The molecule has 2 aromatic heterocycles. The fraction of sp³-hybridized carbons (Fsp3) is 0.385. The molecule has 0 saturated carbocycles. The Labute approximate surface area is 118 Å². The van der Waals surface area contributed by atoms with Crippen molar-refractivity contribution in [2.75, 3.05) is 11.9 Å². The minimum atomic E-state index is -4.46. The average Bonchev–Trinajstić information content (AvgIpc) is 2.90. The van der Waals surface area contributed by atoms with Crippen molar-refractivity contribution in [1.29, 1.82) is 0 Å². The molecule has 0 unspecified atom stereocenters. The predicted molar refractivity (Wildman–Crippen MR) is 72.9 cm³/mol. The summed E-state index contributed by atoms with van der Waals surface area (Å²) in [4.78, 5) is 8.45. The molecule has 2 rings (SSSR count). The summed E-state index contributed by atoms with van der Waals surface area (Å²) in [6.45, 7) is 4.48. The summed E-state index contributed by atoms with van der Waals surface area (Å²) in [5, 5.41) is 4.84. The largest absolute Gasteiger partial charge is 0.433 e. The van der Waals surface area contributed by atoms with Crippen LogP contribution in [-0.4, -0.2) is 16.5 Å². The highest BCUT2D eigenvalue weighted by Crippen LogP contribution is 2.29. The zero-order chi connectivity index (χ0) is 14.8. The van der Waals surface area contributed by atoms with Crippen molar-refractivity contribution in [3.05, 3.63) is 40.3 Å². The lowest BCUT2D eigenvalue weighted by atomic mass is 9.91. The third-order valence-corrected chi connectivity index (χ3v) is 4.06. The van der Waals surface area contributed by atoms with Crippen LogP contribution in [-0.2, 0) is 11.6 Å². The molecule has 108 valence electrons. The van der Waals surface area contributed by atoms with Gasteiger partial charge in [0.15, 0.2) is 0 Å². The number of hydrogen-bond donors (Lipinski definition) is 1. The van der Waals surface area contributed by atoms with Crippen molar-refractivity contribution in [2.45, 2.75) is 25.4 Å². The van der Waals surface area contributed by atoms with Gasteiger partial charge in [-0.1, -0.05) is 19.9 Å². The van der Waals surface area contributed by atoms with Gasteiger partial charge in [0.05, 0.1) is 0 Å². The number of aromatic nitrogens is 2. The van der Waals surface area contributed by atoms with Crippen LogP contribution in [0.4, 0.5) is 19.1 Å². The highest BCUT2D eigenvalue weighted by atomic mass is 32.1. The quantitative estimate of drug-likeness (QED) is 0.929. The average molecular weight is 301 g/mol. The van der Waals surface area contributed by atoms with E-state index in [-0.39, 0.29) is 11.4 Å². The molecular weight excluding hydrogens is 287 g/mol. The van der Waals surface area contributed by atoms with Crippen LogP contribution in [0.5, 0.6) is 0 Å². The number of alkyl halides is 3. The summed E-state index contributed by atoms with van der Waals surface area (Å²) in [7, 11) is 0. The van der Waals surface area contributed by atoms with Gasteiger partial charge in [0.25, 0.3) is 0 Å². The fourth-order valence-corrected chi connectivity index (χ4v) is 2.50. The zero-order valence-electron chi connectivity index (χ0n) is 11.0. The molecule has 0 atom stereocenters. The van der Waals surface area contributed by atoms with E-state index in [2.05, 4.69) is 15.3 Å². The second-order valence-corrected chi connectivity index (χ2v) is 5.93. The molecule has 0 spiro atoms. The van der Waals surface area contributed by atoms with E-state index >= 15 is 0 Å². The van der Waals surface area contributed by atoms with Crippen LogP contribution in [0.15, 0.2) is 29.8 Å². The van der Waals surface area contributed by atoms with Gasteiger partial charge < -0.3 is 5.32 Å². The van der Waals surface area contributed by atoms with E-state index in [1.54, 1.807) is 11.3 Å². The molecule has 0 aromatic carbocycles. The molecule has 0 amide bonds. The van der Waals surface area contributed by atoms with Crippen LogP contribution in [0.2, 0.25) is 0 Å². The third-order valence-electron chi connectivity index (χ3n) is 2.82. The van der Waals surface area contributed by atoms with Crippen LogP contribution in [0, 0.1) is 0 Å². The van der Waals surface area contributed by atoms with Crippen LogP contribution in [0.25, 0.3) is 0 Å². The van der Waals surface area contributed by atoms with E-state index in [1.807, 2.05) is 31.4 Å². The SMILES string of the molecule is CC(C)(CNc1nccc(C(F)(F)F)n1)c1cccs1. The molecule has 0 radical (unpaired) electrons. The lowest BCUT2D eigenvalue weighted by Gasteiger charge is -2.23. The summed E-state index contributed by atoms with van der Waals surface area (Å²) in [6.07, 6.45) is -3.35. The maximum Gasteiger partial charge on any atom is 0.433 e. The Morgan fingerprint density at radius 1 is 1.25 bits per heavy atom. The first-order chi connectivity index (χ1) is 9.29. The monoisotopic (exact) mass is 301 g/mol. The minimum absolute atomic E-state index is 0.00976. The summed E-state index contributed by atoms with van der Waals surface area (Å²) < 4.78 is 37.6. The highest BCUT2D eigenvalue weighted by Gasteiger charge is 2.33. The molecule has 20 heavy (non-hydrogen) atoms. The molecule has 0 fully saturated rings. The van der Waals surface area contributed by atoms with Gasteiger partial charge in [-0.15, -0.1) is 11.3 Å². The van der Waals surface area contributed by atoms with Crippen molar-refractivity contribution in [1.82, 2.24) is 9.97 Å². The first-order valence-corrected chi connectivity index (χ1v) is 6.85. The van der Waals surface area contributed by atoms with Gasteiger partial charge in [0.1, 0.15) is 5.69 Å². The molecule has 1 N–H and O–H groups in total. The Hall–Kier alpha value is -1.63. The maximum absolute atomic E-state index is 12.5. The zero-order valence-corrected chi connectivity index (χ0v) is 11.8. The van der Waals surface area contributed by atoms with E-state index in [4.69, 9.17) is 0 Å². The first-order valence-electron chi connectivity index (χ1n) is 5.97. The second kappa shape index (κ2) is 5.40. The Bertz CT molecular complexity index is 564. The summed E-state index contributed by atoms with van der Waals surface area (Å²) in [5.41, 5.74) is -1.14. The van der Waals surface area contributed by atoms with Crippen molar-refractivity contribution in [3.8, 4) is 0 Å². The van der Waals surface area contributed by atoms with E-state index in [1.165, 1.54) is 0 Å². The van der Waals surface area contributed by atoms with Gasteiger partial charge in [-0.3, -0.25) is 0 Å². The molecule has 2 heterocycles. The number of halogens is 3. The lowest BCUT2D eigenvalue weighted by Crippen LogP contribution is -2.27. The summed E-state index contributed by atoms with van der Waals surface area (Å²) in [6, 6.07) is 4.80. The number of hydrogen-bond acceptors (Lipinski definition) is 4. The molecule has 0 aliphatic rings. The Morgan fingerprint density at radius 2 is 2.00 bits per heavy atom. The van der Waals surface area contributed by atoms with Crippen molar-refractivity contribution >= 4 is 17.3 Å². The molecule has 2 aromatic rings. The second-order valence-electron chi connectivity index (χ2n) is 4.98. The van der Waals surface area contributed by atoms with Gasteiger partial charge in [-0.2, -0.15) is 13.2 Å². The van der Waals surface area contributed by atoms with Gasteiger partial charge >= 0.3 is 6.18 Å². The van der Waals surface area contributed by atoms with Crippen LogP contribution in [0.3, 0.4) is 0 Å². The number of nitrogens with zero attached hydrogens (tertiary/aromatic N) is 2. The maximum atomic E-state index is 12.5. The summed E-state index contributed by atoms with van der Waals surface area (Å²) >= 11 is 1.61. The smallest absolute Gasteiger partial charge is 0.353 e. The standard InChI is InChI=1S/C13H14F3N3S/c1-12(2,10-4-3-7-20-10)8-18-11-17-6-5-9(19-11)13(14,15)16/h3-7H,8H2,1-2H3,(H,17,18,19). The topological polar surface area (TPSA) is 37.8 Å².